The van der Waals surface area contributed by atoms with Crippen LogP contribution < -0.4 is 5.32 Å². The fourth-order valence-corrected chi connectivity index (χ4v) is 1.91. The summed E-state index contributed by atoms with van der Waals surface area (Å²) in [6, 6.07) is 0. The Morgan fingerprint density at radius 1 is 1.31 bits per heavy atom. The highest BCUT2D eigenvalue weighted by molar-refractivity contribution is 7.14. The van der Waals surface area contributed by atoms with Gasteiger partial charge in [0.2, 0.25) is 0 Å². The summed E-state index contributed by atoms with van der Waals surface area (Å²) in [4.78, 5) is 12.7. The number of anilines is 1. The topological polar surface area (TPSA) is 50.7 Å². The molecule has 84 valence electrons. The number of nitrogens with zero attached hydrogens (tertiary/aromatic N) is 3. The Bertz CT molecular complexity index is 438. The maximum Gasteiger partial charge on any atom is 0.183 e. The molecule has 2 aromatic heterocycles. The summed E-state index contributed by atoms with van der Waals surface area (Å²) in [5, 5.41) is 6.23. The highest BCUT2D eigenvalue weighted by Crippen LogP contribution is 2.22. The van der Waals surface area contributed by atoms with Gasteiger partial charge in [-0.3, -0.25) is 9.97 Å². The van der Waals surface area contributed by atoms with Gasteiger partial charge in [0.15, 0.2) is 5.13 Å². The lowest BCUT2D eigenvalue weighted by Crippen LogP contribution is -2.07. The van der Waals surface area contributed by atoms with E-state index in [1.54, 1.807) is 29.9 Å². The molecule has 0 unspecified atom stereocenters. The van der Waals surface area contributed by atoms with Gasteiger partial charge in [0.25, 0.3) is 0 Å². The third-order valence-electron chi connectivity index (χ3n) is 1.99. The monoisotopic (exact) mass is 234 g/mol. The first-order valence-electron chi connectivity index (χ1n) is 5.21. The summed E-state index contributed by atoms with van der Waals surface area (Å²) in [6.07, 6.45) is 5.06. The average molecular weight is 234 g/mol. The van der Waals surface area contributed by atoms with Crippen molar-refractivity contribution < 1.29 is 0 Å². The van der Waals surface area contributed by atoms with E-state index < -0.39 is 0 Å². The summed E-state index contributed by atoms with van der Waals surface area (Å²) in [5.74, 6) is 0.615. The first-order chi connectivity index (χ1) is 7.75. The first-order valence-corrected chi connectivity index (χ1v) is 6.09. The lowest BCUT2D eigenvalue weighted by Gasteiger charge is -2.04. The Kier molecular flexibility index (Phi) is 3.46. The van der Waals surface area contributed by atoms with Gasteiger partial charge in [-0.05, 0) is 5.92 Å². The quantitative estimate of drug-likeness (QED) is 0.883. The number of hydrogen-bond acceptors (Lipinski definition) is 5. The predicted octanol–water partition coefficient (Wildman–Crippen LogP) is 2.67. The van der Waals surface area contributed by atoms with Crippen LogP contribution in [0.2, 0.25) is 0 Å². The highest BCUT2D eigenvalue weighted by Gasteiger charge is 2.05. The second-order valence-electron chi connectivity index (χ2n) is 3.90. The molecule has 0 bridgehead atoms. The Morgan fingerprint density at radius 2 is 2.19 bits per heavy atom. The van der Waals surface area contributed by atoms with Crippen LogP contribution >= 0.6 is 11.3 Å². The lowest BCUT2D eigenvalue weighted by molar-refractivity contribution is 0.688. The normalized spacial score (nSPS) is 10.7. The van der Waals surface area contributed by atoms with Gasteiger partial charge in [-0.15, -0.1) is 11.3 Å². The molecule has 0 atom stereocenters. The molecule has 16 heavy (non-hydrogen) atoms. The van der Waals surface area contributed by atoms with Crippen LogP contribution in [0.4, 0.5) is 5.13 Å². The minimum atomic E-state index is 0.615. The molecule has 0 saturated heterocycles. The van der Waals surface area contributed by atoms with Crippen molar-refractivity contribution in [1.82, 2.24) is 15.0 Å². The van der Waals surface area contributed by atoms with E-state index in [0.29, 0.717) is 5.92 Å². The third-order valence-corrected chi connectivity index (χ3v) is 2.79. The zero-order valence-corrected chi connectivity index (χ0v) is 10.2. The van der Waals surface area contributed by atoms with Gasteiger partial charge in [-0.2, -0.15) is 0 Å². The number of hydrogen-bond donors (Lipinski definition) is 1. The van der Waals surface area contributed by atoms with Crippen molar-refractivity contribution in [3.8, 4) is 11.4 Å². The molecule has 2 aromatic rings. The van der Waals surface area contributed by atoms with Crippen molar-refractivity contribution in [2.45, 2.75) is 13.8 Å². The smallest absolute Gasteiger partial charge is 0.183 e. The predicted molar refractivity (Wildman–Crippen MR) is 66.5 cm³/mol. The third kappa shape index (κ3) is 2.76. The van der Waals surface area contributed by atoms with E-state index in [1.165, 1.54) is 0 Å². The molecule has 2 heterocycles. The molecule has 0 fully saturated rings. The van der Waals surface area contributed by atoms with Crippen LogP contribution in [0.25, 0.3) is 11.4 Å². The van der Waals surface area contributed by atoms with Crippen LogP contribution in [-0.2, 0) is 0 Å². The lowest BCUT2D eigenvalue weighted by atomic mass is 10.2. The number of aromatic nitrogens is 3. The second-order valence-corrected chi connectivity index (χ2v) is 4.76. The Labute approximate surface area is 98.8 Å². The van der Waals surface area contributed by atoms with E-state index in [-0.39, 0.29) is 0 Å². The summed E-state index contributed by atoms with van der Waals surface area (Å²) in [5.41, 5.74) is 1.70. The Morgan fingerprint density at radius 3 is 2.88 bits per heavy atom. The van der Waals surface area contributed by atoms with Crippen molar-refractivity contribution in [3.63, 3.8) is 0 Å². The van der Waals surface area contributed by atoms with Crippen molar-refractivity contribution in [3.05, 3.63) is 24.0 Å². The minimum absolute atomic E-state index is 0.615. The Hall–Kier alpha value is -1.49. The van der Waals surface area contributed by atoms with Crippen molar-refractivity contribution >= 4 is 16.5 Å². The number of nitrogens with one attached hydrogen (secondary N) is 1. The van der Waals surface area contributed by atoms with Crippen LogP contribution in [-0.4, -0.2) is 21.5 Å². The summed E-state index contributed by atoms with van der Waals surface area (Å²) < 4.78 is 0. The molecule has 0 amide bonds. The van der Waals surface area contributed by atoms with E-state index in [0.717, 1.165) is 23.1 Å². The van der Waals surface area contributed by atoms with E-state index in [4.69, 9.17) is 0 Å². The maximum atomic E-state index is 4.46. The van der Waals surface area contributed by atoms with Crippen LogP contribution in [0.15, 0.2) is 24.0 Å². The molecule has 2 rings (SSSR count). The number of rotatable bonds is 4. The zero-order valence-electron chi connectivity index (χ0n) is 9.34. The van der Waals surface area contributed by atoms with Crippen LogP contribution in [0.5, 0.6) is 0 Å². The molecule has 0 aliphatic carbocycles. The molecule has 1 N–H and O–H groups in total. The minimum Gasteiger partial charge on any atom is -0.361 e. The van der Waals surface area contributed by atoms with E-state index >= 15 is 0 Å². The standard InChI is InChI=1S/C11H14N4S/c1-8(2)5-14-11-15-10(7-16-11)9-6-12-3-4-13-9/h3-4,6-8H,5H2,1-2H3,(H,14,15). The van der Waals surface area contributed by atoms with Gasteiger partial charge in [-0.1, -0.05) is 13.8 Å². The average Bonchev–Trinajstić information content (AvgIpc) is 2.76. The van der Waals surface area contributed by atoms with Gasteiger partial charge in [0.1, 0.15) is 11.4 Å². The fraction of sp³-hybridized carbons (Fsp3) is 0.364. The van der Waals surface area contributed by atoms with Crippen LogP contribution in [0, 0.1) is 5.92 Å². The molecule has 4 nitrogen and oxygen atoms in total. The van der Waals surface area contributed by atoms with Gasteiger partial charge in [-0.25, -0.2) is 4.98 Å². The fourth-order valence-electron chi connectivity index (χ4n) is 1.20. The molecule has 0 spiro atoms. The molecule has 0 aliphatic rings. The first kappa shape index (κ1) is 11.0. The van der Waals surface area contributed by atoms with Gasteiger partial charge >= 0.3 is 0 Å². The molecular weight excluding hydrogens is 220 g/mol. The van der Waals surface area contributed by atoms with Gasteiger partial charge < -0.3 is 5.32 Å². The molecule has 0 saturated carbocycles. The summed E-state index contributed by atoms with van der Waals surface area (Å²) in [6.45, 7) is 5.28. The summed E-state index contributed by atoms with van der Waals surface area (Å²) in [7, 11) is 0. The van der Waals surface area contributed by atoms with Crippen molar-refractivity contribution in [2.75, 3.05) is 11.9 Å². The van der Waals surface area contributed by atoms with Gasteiger partial charge in [0.05, 0.1) is 6.20 Å². The SMILES string of the molecule is CC(C)CNc1nc(-c2cnccn2)cs1. The van der Waals surface area contributed by atoms with Crippen molar-refractivity contribution in [1.29, 1.82) is 0 Å². The summed E-state index contributed by atoms with van der Waals surface area (Å²) >= 11 is 1.60. The highest BCUT2D eigenvalue weighted by atomic mass is 32.1. The largest absolute Gasteiger partial charge is 0.361 e. The van der Waals surface area contributed by atoms with E-state index in [2.05, 4.69) is 34.1 Å². The van der Waals surface area contributed by atoms with Gasteiger partial charge in [0, 0.05) is 24.3 Å². The van der Waals surface area contributed by atoms with Crippen LogP contribution in [0.3, 0.4) is 0 Å². The second kappa shape index (κ2) is 5.03. The van der Waals surface area contributed by atoms with E-state index in [1.807, 2.05) is 5.38 Å². The Balaban J connectivity index is 2.08. The molecule has 0 radical (unpaired) electrons. The maximum absolute atomic E-state index is 4.46. The molecule has 5 heteroatoms. The number of thiazole rings is 1. The molecule has 0 aromatic carbocycles. The van der Waals surface area contributed by atoms with Crippen molar-refractivity contribution in [2.24, 2.45) is 5.92 Å². The van der Waals surface area contributed by atoms with Crippen LogP contribution in [0.1, 0.15) is 13.8 Å². The zero-order chi connectivity index (χ0) is 11.4. The molecular formula is C11H14N4S. The van der Waals surface area contributed by atoms with E-state index in [9.17, 15) is 0 Å². The molecule has 0 aliphatic heterocycles.